The molecular weight excluding hydrogens is 204 g/mol. The Kier molecular flexibility index (Phi) is 4.45. The SMILES string of the molecule is C=COc1c(OC)cc(/C=C/C)cc1OC. The molecule has 86 valence electrons. The number of hydrogen-bond donors (Lipinski definition) is 0. The molecule has 1 rings (SSSR count). The van der Waals surface area contributed by atoms with Gasteiger partial charge in [0.05, 0.1) is 20.5 Å². The van der Waals surface area contributed by atoms with E-state index in [-0.39, 0.29) is 0 Å². The zero-order chi connectivity index (χ0) is 12.0. The summed E-state index contributed by atoms with van der Waals surface area (Å²) in [5.74, 6) is 1.77. The van der Waals surface area contributed by atoms with Crippen LogP contribution in [0.25, 0.3) is 6.08 Å². The Balaban J connectivity index is 3.29. The summed E-state index contributed by atoms with van der Waals surface area (Å²) in [4.78, 5) is 0. The molecule has 0 atom stereocenters. The van der Waals surface area contributed by atoms with Crippen LogP contribution in [-0.4, -0.2) is 14.2 Å². The number of methoxy groups -OCH3 is 2. The van der Waals surface area contributed by atoms with Gasteiger partial charge in [-0.2, -0.15) is 0 Å². The summed E-state index contributed by atoms with van der Waals surface area (Å²) in [6.45, 7) is 5.47. The molecule has 0 heterocycles. The van der Waals surface area contributed by atoms with Crippen LogP contribution in [-0.2, 0) is 0 Å². The van der Waals surface area contributed by atoms with Crippen molar-refractivity contribution in [2.45, 2.75) is 6.92 Å². The van der Waals surface area contributed by atoms with Gasteiger partial charge in [-0.1, -0.05) is 18.7 Å². The monoisotopic (exact) mass is 220 g/mol. The van der Waals surface area contributed by atoms with Gasteiger partial charge < -0.3 is 14.2 Å². The normalized spacial score (nSPS) is 10.2. The van der Waals surface area contributed by atoms with Crippen molar-refractivity contribution in [3.05, 3.63) is 36.6 Å². The van der Waals surface area contributed by atoms with Crippen LogP contribution in [0.1, 0.15) is 12.5 Å². The first-order chi connectivity index (χ1) is 7.76. The van der Waals surface area contributed by atoms with Crippen LogP contribution in [0, 0.1) is 0 Å². The van der Waals surface area contributed by atoms with Crippen LogP contribution < -0.4 is 14.2 Å². The van der Waals surface area contributed by atoms with Gasteiger partial charge in [0.25, 0.3) is 0 Å². The highest BCUT2D eigenvalue weighted by Crippen LogP contribution is 2.38. The first-order valence-electron chi connectivity index (χ1n) is 4.93. The summed E-state index contributed by atoms with van der Waals surface area (Å²) in [5.41, 5.74) is 0.993. The number of hydrogen-bond acceptors (Lipinski definition) is 3. The van der Waals surface area contributed by atoms with Crippen molar-refractivity contribution >= 4 is 6.08 Å². The minimum atomic E-state index is 0.535. The Labute approximate surface area is 95.9 Å². The Morgan fingerprint density at radius 2 is 1.69 bits per heavy atom. The van der Waals surface area contributed by atoms with Gasteiger partial charge in [-0.05, 0) is 24.6 Å². The quantitative estimate of drug-likeness (QED) is 0.713. The van der Waals surface area contributed by atoms with E-state index in [4.69, 9.17) is 14.2 Å². The lowest BCUT2D eigenvalue weighted by Crippen LogP contribution is -1.94. The van der Waals surface area contributed by atoms with E-state index in [9.17, 15) is 0 Å². The molecule has 1 aromatic carbocycles. The maximum atomic E-state index is 5.27. The second-order valence-electron chi connectivity index (χ2n) is 3.04. The summed E-state index contributed by atoms with van der Waals surface area (Å²) in [7, 11) is 3.17. The van der Waals surface area contributed by atoms with Crippen LogP contribution in [0.15, 0.2) is 31.0 Å². The molecule has 0 bridgehead atoms. The smallest absolute Gasteiger partial charge is 0.210 e. The number of ether oxygens (including phenoxy) is 3. The minimum absolute atomic E-state index is 0.535. The lowest BCUT2D eigenvalue weighted by molar-refractivity contribution is 0.346. The summed E-state index contributed by atoms with van der Waals surface area (Å²) < 4.78 is 15.8. The third-order valence-electron chi connectivity index (χ3n) is 2.04. The molecule has 1 aromatic rings. The van der Waals surface area contributed by atoms with Gasteiger partial charge in [-0.25, -0.2) is 0 Å². The molecule has 0 N–H and O–H groups in total. The van der Waals surface area contributed by atoms with E-state index in [1.165, 1.54) is 6.26 Å². The topological polar surface area (TPSA) is 27.7 Å². The Morgan fingerprint density at radius 1 is 1.12 bits per heavy atom. The van der Waals surface area contributed by atoms with E-state index in [0.717, 1.165) is 5.56 Å². The summed E-state index contributed by atoms with van der Waals surface area (Å²) >= 11 is 0. The highest BCUT2D eigenvalue weighted by atomic mass is 16.5. The van der Waals surface area contributed by atoms with Crippen LogP contribution in [0.5, 0.6) is 17.2 Å². The predicted molar refractivity (Wildman–Crippen MR) is 65.1 cm³/mol. The van der Waals surface area contributed by atoms with E-state index in [1.54, 1.807) is 14.2 Å². The van der Waals surface area contributed by atoms with Crippen molar-refractivity contribution in [1.82, 2.24) is 0 Å². The van der Waals surface area contributed by atoms with Gasteiger partial charge in [0.1, 0.15) is 0 Å². The largest absolute Gasteiger partial charge is 0.493 e. The van der Waals surface area contributed by atoms with Crippen molar-refractivity contribution < 1.29 is 14.2 Å². The fourth-order valence-electron chi connectivity index (χ4n) is 1.39. The van der Waals surface area contributed by atoms with Gasteiger partial charge in [0, 0.05) is 0 Å². The minimum Gasteiger partial charge on any atom is -0.493 e. The molecule has 0 aliphatic carbocycles. The molecule has 0 saturated carbocycles. The molecule has 0 aromatic heterocycles. The van der Waals surface area contributed by atoms with Crippen molar-refractivity contribution in [2.24, 2.45) is 0 Å². The van der Waals surface area contributed by atoms with E-state index in [0.29, 0.717) is 17.2 Å². The van der Waals surface area contributed by atoms with Gasteiger partial charge in [0.15, 0.2) is 11.5 Å². The molecule has 0 spiro atoms. The standard InChI is InChI=1S/C13H16O3/c1-5-7-10-8-11(14-3)13(16-6-2)12(9-10)15-4/h5-9H,2H2,1,3-4H3/b7-5+. The van der Waals surface area contributed by atoms with Gasteiger partial charge in [-0.15, -0.1) is 0 Å². The maximum absolute atomic E-state index is 5.27. The molecule has 3 heteroatoms. The van der Waals surface area contributed by atoms with Gasteiger partial charge in [0.2, 0.25) is 5.75 Å². The van der Waals surface area contributed by atoms with Gasteiger partial charge in [-0.3, -0.25) is 0 Å². The number of benzene rings is 1. The van der Waals surface area contributed by atoms with E-state index in [1.807, 2.05) is 31.2 Å². The molecule has 0 saturated heterocycles. The molecule has 0 aliphatic rings. The highest BCUT2D eigenvalue weighted by molar-refractivity contribution is 5.62. The average molecular weight is 220 g/mol. The second kappa shape index (κ2) is 5.85. The fraction of sp³-hybridized carbons (Fsp3) is 0.231. The lowest BCUT2D eigenvalue weighted by atomic mass is 10.1. The van der Waals surface area contributed by atoms with Crippen LogP contribution >= 0.6 is 0 Å². The molecule has 0 aliphatic heterocycles. The van der Waals surface area contributed by atoms with Gasteiger partial charge >= 0.3 is 0 Å². The van der Waals surface area contributed by atoms with E-state index < -0.39 is 0 Å². The van der Waals surface area contributed by atoms with Crippen molar-refractivity contribution in [1.29, 1.82) is 0 Å². The van der Waals surface area contributed by atoms with Crippen LogP contribution in [0.3, 0.4) is 0 Å². The second-order valence-corrected chi connectivity index (χ2v) is 3.04. The fourth-order valence-corrected chi connectivity index (χ4v) is 1.39. The molecule has 3 nitrogen and oxygen atoms in total. The van der Waals surface area contributed by atoms with Crippen LogP contribution in [0.4, 0.5) is 0 Å². The number of allylic oxidation sites excluding steroid dienone is 1. The zero-order valence-corrected chi connectivity index (χ0v) is 9.82. The summed E-state index contributed by atoms with van der Waals surface area (Å²) in [6, 6.07) is 3.75. The van der Waals surface area contributed by atoms with Crippen molar-refractivity contribution in [3.63, 3.8) is 0 Å². The first-order valence-corrected chi connectivity index (χ1v) is 4.93. The third kappa shape index (κ3) is 2.57. The first kappa shape index (κ1) is 12.2. The van der Waals surface area contributed by atoms with Crippen molar-refractivity contribution in [3.8, 4) is 17.2 Å². The third-order valence-corrected chi connectivity index (χ3v) is 2.04. The van der Waals surface area contributed by atoms with Crippen LogP contribution in [0.2, 0.25) is 0 Å². The van der Waals surface area contributed by atoms with E-state index in [2.05, 4.69) is 6.58 Å². The average Bonchev–Trinajstić information content (AvgIpc) is 2.31. The molecule has 16 heavy (non-hydrogen) atoms. The Morgan fingerprint density at radius 3 is 2.06 bits per heavy atom. The Bertz CT molecular complexity index is 369. The lowest BCUT2D eigenvalue weighted by Gasteiger charge is -2.12. The summed E-state index contributed by atoms with van der Waals surface area (Å²) in [6.07, 6.45) is 5.25. The molecular formula is C13H16O3. The van der Waals surface area contributed by atoms with Crippen molar-refractivity contribution in [2.75, 3.05) is 14.2 Å². The maximum Gasteiger partial charge on any atom is 0.210 e. The molecule has 0 fully saturated rings. The highest BCUT2D eigenvalue weighted by Gasteiger charge is 2.12. The summed E-state index contributed by atoms with van der Waals surface area (Å²) in [5, 5.41) is 0. The molecule has 0 radical (unpaired) electrons. The Hall–Kier alpha value is -1.90. The molecule has 0 amide bonds. The van der Waals surface area contributed by atoms with E-state index >= 15 is 0 Å². The number of rotatable bonds is 5. The molecule has 0 unspecified atom stereocenters. The zero-order valence-electron chi connectivity index (χ0n) is 9.82. The predicted octanol–water partition coefficient (Wildman–Crippen LogP) is 3.26.